The van der Waals surface area contributed by atoms with E-state index >= 15 is 0 Å². The van der Waals surface area contributed by atoms with Crippen LogP contribution >= 0.6 is 23.2 Å². The van der Waals surface area contributed by atoms with E-state index in [0.717, 1.165) is 53.7 Å². The third-order valence-corrected chi connectivity index (χ3v) is 8.49. The number of hydrogen-bond donors (Lipinski definition) is 0. The van der Waals surface area contributed by atoms with E-state index in [9.17, 15) is 14.7 Å². The first-order valence-electron chi connectivity index (χ1n) is 13.7. The molecule has 0 radical (unpaired) electrons. The Morgan fingerprint density at radius 1 is 0.925 bits per heavy atom. The molecule has 1 heterocycles. The Kier molecular flexibility index (Phi) is 9.18. The van der Waals surface area contributed by atoms with Crippen LogP contribution in [-0.4, -0.2) is 18.4 Å². The van der Waals surface area contributed by atoms with Gasteiger partial charge in [-0.15, -0.1) is 0 Å². The van der Waals surface area contributed by atoms with E-state index in [1.165, 1.54) is 0 Å². The molecule has 2 saturated carbocycles. The van der Waals surface area contributed by atoms with Crippen LogP contribution in [0.15, 0.2) is 48.5 Å². The van der Waals surface area contributed by atoms with Crippen molar-refractivity contribution < 1.29 is 53.7 Å². The molecule has 40 heavy (non-hydrogen) atoms. The zero-order valence-corrected chi connectivity index (χ0v) is 26.0. The van der Waals surface area contributed by atoms with Gasteiger partial charge in [-0.1, -0.05) is 29.3 Å². The molecule has 5 nitrogen and oxygen atoms in total. The molecule has 8 heteroatoms. The van der Waals surface area contributed by atoms with Gasteiger partial charge in [0.2, 0.25) is 0 Å². The molecule has 0 amide bonds. The Bertz CT molecular complexity index is 1430. The molecule has 0 saturated heterocycles. The number of Topliss-reactive ketones (excluding diaryl/α,β-unsaturated/α-hetero) is 1. The summed E-state index contributed by atoms with van der Waals surface area (Å²) in [4.78, 5) is 24.7. The summed E-state index contributed by atoms with van der Waals surface area (Å²) in [6.45, 7) is 0.356. The van der Waals surface area contributed by atoms with E-state index in [2.05, 4.69) is 0 Å². The van der Waals surface area contributed by atoms with Crippen molar-refractivity contribution in [3.8, 4) is 17.2 Å². The van der Waals surface area contributed by atoms with Crippen LogP contribution in [0.4, 0.5) is 0 Å². The Hall–Kier alpha value is -2.02. The molecule has 1 atom stereocenters. The molecule has 2 fully saturated rings. The number of carbonyl (C=O) groups is 2. The minimum Gasteiger partial charge on any atom is -0.549 e. The molecule has 1 unspecified atom stereocenters. The van der Waals surface area contributed by atoms with Gasteiger partial charge < -0.3 is 19.4 Å². The van der Waals surface area contributed by atoms with Gasteiger partial charge in [-0.2, -0.15) is 0 Å². The van der Waals surface area contributed by atoms with Gasteiger partial charge in [-0.05, 0) is 110 Å². The van der Waals surface area contributed by atoms with Crippen molar-refractivity contribution in [2.45, 2.75) is 69.1 Å². The van der Waals surface area contributed by atoms with Crippen molar-refractivity contribution >= 4 is 35.0 Å². The number of ether oxygens (including phenoxy) is 2. The van der Waals surface area contributed by atoms with Crippen LogP contribution in [0.5, 0.6) is 17.2 Å². The Morgan fingerprint density at radius 3 is 2.30 bits per heavy atom. The first-order chi connectivity index (χ1) is 18.9. The molecule has 0 aromatic heterocycles. The van der Waals surface area contributed by atoms with Crippen molar-refractivity contribution in [3.05, 3.63) is 86.4 Å². The molecule has 0 spiro atoms. The van der Waals surface area contributed by atoms with E-state index in [1.807, 2.05) is 42.5 Å². The van der Waals surface area contributed by atoms with Gasteiger partial charge in [-0.3, -0.25) is 4.79 Å². The summed E-state index contributed by atoms with van der Waals surface area (Å²) in [6.07, 6.45) is 6.42. The predicted molar refractivity (Wildman–Crippen MR) is 148 cm³/mol. The van der Waals surface area contributed by atoms with E-state index in [4.69, 9.17) is 32.7 Å². The normalized spacial score (nSPS) is 17.8. The molecule has 1 aliphatic heterocycles. The summed E-state index contributed by atoms with van der Waals surface area (Å²) in [5, 5.41) is 13.1. The zero-order valence-electron chi connectivity index (χ0n) is 22.5. The molecule has 0 bridgehead atoms. The van der Waals surface area contributed by atoms with Gasteiger partial charge in [0, 0.05) is 45.0 Å². The third kappa shape index (κ3) is 6.39. The van der Waals surface area contributed by atoms with Crippen molar-refractivity contribution in [1.82, 2.24) is 0 Å². The number of rotatable bonds is 10. The van der Waals surface area contributed by atoms with Crippen molar-refractivity contribution in [3.63, 3.8) is 0 Å². The minimum absolute atomic E-state index is 0. The number of carbonyl (C=O) groups excluding carboxylic acids is 2. The Morgan fingerprint density at radius 2 is 1.65 bits per heavy atom. The van der Waals surface area contributed by atoms with Crippen molar-refractivity contribution in [2.24, 2.45) is 0 Å². The molecule has 3 aromatic rings. The monoisotopic (exact) mass is 586 g/mol. The number of hydrogen-bond acceptors (Lipinski definition) is 5. The van der Waals surface area contributed by atoms with Gasteiger partial charge in [-0.25, -0.2) is 0 Å². The average molecular weight is 587 g/mol. The number of aliphatic carboxylic acids is 1. The quantitative estimate of drug-likeness (QED) is 0.260. The standard InChI is InChI=1S/C32H30Cl2O5.Na/c33-22-11-8-19(27(34)16-22)2-1-3-28(35)20-9-12-23(13-10-20)39-31-25(18-4-5-18)17-26-24(32(36)37)14-15-38-30(26)29(31)21-6-7-21;/h8-13,16-18,21,24H,1-7,14-15H2,(H,36,37);/q;+1/p-1. The molecule has 202 valence electrons. The minimum atomic E-state index is -1.05. The molecule has 3 aliphatic rings. The summed E-state index contributed by atoms with van der Waals surface area (Å²) in [6, 6.07) is 14.7. The smallest absolute Gasteiger partial charge is 0.549 e. The number of halogens is 2. The molecular weight excluding hydrogens is 558 g/mol. The zero-order chi connectivity index (χ0) is 27.1. The number of carboxylic acid groups (broad SMARTS) is 1. The summed E-state index contributed by atoms with van der Waals surface area (Å²) in [5.74, 6) is 1.16. The number of ketones is 1. The molecular formula is C32H29Cl2NaO5. The van der Waals surface area contributed by atoms with Crippen LogP contribution in [-0.2, 0) is 11.2 Å². The summed E-state index contributed by atoms with van der Waals surface area (Å²) >= 11 is 12.2. The van der Waals surface area contributed by atoms with Gasteiger partial charge >= 0.3 is 29.6 Å². The Labute approximate surface area is 266 Å². The second-order valence-electron chi connectivity index (χ2n) is 10.8. The maximum Gasteiger partial charge on any atom is 1.00 e. The van der Waals surface area contributed by atoms with E-state index in [1.54, 1.807) is 6.07 Å². The second-order valence-corrected chi connectivity index (χ2v) is 11.7. The number of carboxylic acids is 1. The predicted octanol–water partition coefficient (Wildman–Crippen LogP) is 4.37. The fourth-order valence-corrected chi connectivity index (χ4v) is 6.00. The largest absolute Gasteiger partial charge is 1.00 e. The van der Waals surface area contributed by atoms with Crippen LogP contribution in [0.3, 0.4) is 0 Å². The van der Waals surface area contributed by atoms with Gasteiger partial charge in [0.05, 0.1) is 6.61 Å². The molecule has 3 aromatic carbocycles. The molecule has 6 rings (SSSR count). The maximum atomic E-state index is 12.8. The van der Waals surface area contributed by atoms with E-state index in [0.29, 0.717) is 71.2 Å². The number of aryl methyl sites for hydroxylation is 1. The van der Waals surface area contributed by atoms with Gasteiger partial charge in [0.25, 0.3) is 0 Å². The summed E-state index contributed by atoms with van der Waals surface area (Å²) in [5.41, 5.74) is 4.42. The van der Waals surface area contributed by atoms with Gasteiger partial charge in [0.1, 0.15) is 17.2 Å². The second kappa shape index (κ2) is 12.5. The maximum absolute atomic E-state index is 12.8. The average Bonchev–Trinajstić information content (AvgIpc) is 3.84. The number of fused-ring (bicyclic) bond motifs is 1. The first kappa shape index (κ1) is 29.5. The van der Waals surface area contributed by atoms with Crippen LogP contribution in [0.1, 0.15) is 95.3 Å². The first-order valence-corrected chi connectivity index (χ1v) is 14.4. The fourth-order valence-electron chi connectivity index (χ4n) is 5.50. The van der Waals surface area contributed by atoms with Crippen LogP contribution in [0.2, 0.25) is 10.0 Å². The van der Waals surface area contributed by atoms with Crippen LogP contribution in [0, 0.1) is 0 Å². The third-order valence-electron chi connectivity index (χ3n) is 7.90. The van der Waals surface area contributed by atoms with E-state index < -0.39 is 11.9 Å². The van der Waals surface area contributed by atoms with E-state index in [-0.39, 0.29) is 35.3 Å². The fraction of sp³-hybridized carbons (Fsp3) is 0.375. The van der Waals surface area contributed by atoms with Crippen LogP contribution < -0.4 is 44.1 Å². The number of benzene rings is 3. The topological polar surface area (TPSA) is 75.7 Å². The van der Waals surface area contributed by atoms with Crippen molar-refractivity contribution in [2.75, 3.05) is 6.61 Å². The Balaban J connectivity index is 0.00000323. The van der Waals surface area contributed by atoms with Crippen molar-refractivity contribution in [1.29, 1.82) is 0 Å². The molecule has 0 N–H and O–H groups in total. The summed E-state index contributed by atoms with van der Waals surface area (Å²) in [7, 11) is 0. The molecule has 2 aliphatic carbocycles. The van der Waals surface area contributed by atoms with Gasteiger partial charge in [0.15, 0.2) is 5.78 Å². The van der Waals surface area contributed by atoms with Crippen LogP contribution in [0.25, 0.3) is 0 Å². The summed E-state index contributed by atoms with van der Waals surface area (Å²) < 4.78 is 12.6. The SMILES string of the molecule is O=C(CCCc1ccc(Cl)cc1Cl)c1ccc(Oc2c(C3CC3)cc3c(c2C2CC2)OCCC3C(=O)[O-])cc1.[Na+].